The van der Waals surface area contributed by atoms with E-state index in [-0.39, 0.29) is 22.7 Å². The summed E-state index contributed by atoms with van der Waals surface area (Å²) in [6.45, 7) is 16.7. The van der Waals surface area contributed by atoms with Crippen molar-refractivity contribution in [2.45, 2.75) is 87.5 Å². The minimum atomic E-state index is -1.20. The highest BCUT2D eigenvalue weighted by molar-refractivity contribution is 6.00. The molecule has 0 amide bonds. The first-order valence-corrected chi connectivity index (χ1v) is 10.1. The van der Waals surface area contributed by atoms with Gasteiger partial charge in [-0.3, -0.25) is 9.59 Å². The fourth-order valence-electron chi connectivity index (χ4n) is 3.72. The topological polar surface area (TPSA) is 52.6 Å². The molecule has 0 aromatic carbocycles. The molecule has 4 heteroatoms. The number of carbonyl (C=O) groups excluding carboxylic acids is 2. The second-order valence-electron chi connectivity index (χ2n) is 10.6. The molecule has 0 radical (unpaired) electrons. The van der Waals surface area contributed by atoms with Crippen molar-refractivity contribution < 1.29 is 19.1 Å². The molecule has 0 aromatic heterocycles. The van der Waals surface area contributed by atoms with Gasteiger partial charge in [0.15, 0.2) is 5.41 Å². The molecule has 1 aliphatic rings. The molecular weight excluding hydrogens is 328 g/mol. The minimum absolute atomic E-state index is 0.00353. The Labute approximate surface area is 160 Å². The van der Waals surface area contributed by atoms with E-state index in [1.807, 2.05) is 55.4 Å². The lowest BCUT2D eigenvalue weighted by atomic mass is 9.62. The van der Waals surface area contributed by atoms with Crippen LogP contribution in [0, 0.1) is 28.1 Å². The van der Waals surface area contributed by atoms with Crippen LogP contribution >= 0.6 is 0 Å². The Morgan fingerprint density at radius 3 is 1.50 bits per heavy atom. The number of hydrogen-bond donors (Lipinski definition) is 0. The summed E-state index contributed by atoms with van der Waals surface area (Å²) >= 11 is 0. The third kappa shape index (κ3) is 5.99. The molecule has 1 rings (SSSR count). The molecule has 0 unspecified atom stereocenters. The van der Waals surface area contributed by atoms with Crippen molar-refractivity contribution in [3.63, 3.8) is 0 Å². The lowest BCUT2D eigenvalue weighted by molar-refractivity contribution is -0.186. The second-order valence-corrected chi connectivity index (χ2v) is 10.6. The average Bonchev–Trinajstić information content (AvgIpc) is 2.51. The molecule has 0 aromatic rings. The molecule has 4 nitrogen and oxygen atoms in total. The lowest BCUT2D eigenvalue weighted by Gasteiger charge is -2.42. The Kier molecular flexibility index (Phi) is 7.74. The number of rotatable bonds is 6. The van der Waals surface area contributed by atoms with Crippen molar-refractivity contribution in [1.82, 2.24) is 0 Å². The van der Waals surface area contributed by atoms with E-state index in [1.165, 1.54) is 6.42 Å². The largest absolute Gasteiger partial charge is 0.464 e. The summed E-state index contributed by atoms with van der Waals surface area (Å²) in [5.74, 6) is -0.955. The van der Waals surface area contributed by atoms with Crippen LogP contribution < -0.4 is 0 Å². The number of hydrogen-bond acceptors (Lipinski definition) is 4. The third-order valence-electron chi connectivity index (χ3n) is 5.11. The zero-order valence-electron chi connectivity index (χ0n) is 18.2. The van der Waals surface area contributed by atoms with Gasteiger partial charge in [-0.25, -0.2) is 0 Å². The molecule has 0 spiro atoms. The van der Waals surface area contributed by atoms with Crippen molar-refractivity contribution in [3.8, 4) is 0 Å². The smallest absolute Gasteiger partial charge is 0.324 e. The maximum atomic E-state index is 13.3. The molecule has 1 saturated carbocycles. The van der Waals surface area contributed by atoms with Gasteiger partial charge in [0.05, 0.1) is 13.2 Å². The number of esters is 2. The first-order valence-electron chi connectivity index (χ1n) is 10.1. The monoisotopic (exact) mass is 368 g/mol. The highest BCUT2D eigenvalue weighted by atomic mass is 16.6. The Morgan fingerprint density at radius 2 is 1.19 bits per heavy atom. The van der Waals surface area contributed by atoms with Crippen LogP contribution in [0.25, 0.3) is 0 Å². The molecule has 0 heterocycles. The molecular formula is C22H40O4. The van der Waals surface area contributed by atoms with Crippen LogP contribution in [0.2, 0.25) is 0 Å². The Morgan fingerprint density at radius 1 is 0.808 bits per heavy atom. The normalized spacial score (nSPS) is 17.3. The van der Waals surface area contributed by atoms with Crippen molar-refractivity contribution in [2.24, 2.45) is 28.1 Å². The van der Waals surface area contributed by atoms with Crippen LogP contribution in [-0.2, 0) is 19.1 Å². The number of ether oxygens (including phenoxy) is 2. The molecule has 1 fully saturated rings. The third-order valence-corrected chi connectivity index (χ3v) is 5.11. The fraction of sp³-hybridized carbons (Fsp3) is 0.909. The summed E-state index contributed by atoms with van der Waals surface area (Å²) in [4.78, 5) is 26.6. The second kappa shape index (κ2) is 8.75. The van der Waals surface area contributed by atoms with E-state index in [9.17, 15) is 9.59 Å². The van der Waals surface area contributed by atoms with E-state index in [2.05, 4.69) is 0 Å². The van der Waals surface area contributed by atoms with Crippen molar-refractivity contribution in [2.75, 3.05) is 13.2 Å². The predicted octanol–water partition coefficient (Wildman–Crippen LogP) is 5.39. The van der Waals surface area contributed by atoms with Gasteiger partial charge in [0.2, 0.25) is 0 Å². The minimum Gasteiger partial charge on any atom is -0.464 e. The van der Waals surface area contributed by atoms with Gasteiger partial charge in [0.25, 0.3) is 0 Å². The van der Waals surface area contributed by atoms with Crippen molar-refractivity contribution in [1.29, 1.82) is 0 Å². The fourth-order valence-corrected chi connectivity index (χ4v) is 3.72. The quantitative estimate of drug-likeness (QED) is 0.466. The summed E-state index contributed by atoms with van der Waals surface area (Å²) in [6, 6.07) is 0. The van der Waals surface area contributed by atoms with Crippen LogP contribution in [-0.4, -0.2) is 25.2 Å². The van der Waals surface area contributed by atoms with Crippen LogP contribution in [0.1, 0.15) is 87.5 Å². The molecule has 1 aliphatic carbocycles. The highest BCUT2D eigenvalue weighted by Gasteiger charge is 2.57. The standard InChI is InChI=1S/C22H40O4/c1-16(2)22(17-12-10-9-11-13-17,18(23)25-14-20(3,4)5)19(24)26-15-21(6,7)8/h16-17H,9-15H2,1-8H3. The highest BCUT2D eigenvalue weighted by Crippen LogP contribution is 2.46. The molecule has 0 N–H and O–H groups in total. The molecule has 26 heavy (non-hydrogen) atoms. The zero-order valence-corrected chi connectivity index (χ0v) is 18.2. The van der Waals surface area contributed by atoms with Crippen molar-refractivity contribution in [3.05, 3.63) is 0 Å². The van der Waals surface area contributed by atoms with E-state index < -0.39 is 17.4 Å². The van der Waals surface area contributed by atoms with Crippen LogP contribution in [0.3, 0.4) is 0 Å². The predicted molar refractivity (Wildman–Crippen MR) is 105 cm³/mol. The van der Waals surface area contributed by atoms with Gasteiger partial charge < -0.3 is 9.47 Å². The summed E-state index contributed by atoms with van der Waals surface area (Å²) in [5, 5.41) is 0. The summed E-state index contributed by atoms with van der Waals surface area (Å²) < 4.78 is 11.4. The van der Waals surface area contributed by atoms with Gasteiger partial charge in [0.1, 0.15) is 0 Å². The molecule has 0 aliphatic heterocycles. The Bertz CT molecular complexity index is 443. The average molecular weight is 369 g/mol. The van der Waals surface area contributed by atoms with E-state index in [0.29, 0.717) is 13.2 Å². The van der Waals surface area contributed by atoms with Crippen LogP contribution in [0.5, 0.6) is 0 Å². The van der Waals surface area contributed by atoms with Crippen LogP contribution in [0.4, 0.5) is 0 Å². The van der Waals surface area contributed by atoms with Gasteiger partial charge >= 0.3 is 11.9 Å². The first kappa shape index (κ1) is 23.0. The summed E-state index contributed by atoms with van der Waals surface area (Å²) in [7, 11) is 0. The van der Waals surface area contributed by atoms with E-state index in [1.54, 1.807) is 0 Å². The summed E-state index contributed by atoms with van der Waals surface area (Å²) in [6.07, 6.45) is 5.04. The Balaban J connectivity index is 3.18. The molecule has 0 saturated heterocycles. The van der Waals surface area contributed by atoms with E-state index in [4.69, 9.17) is 9.47 Å². The van der Waals surface area contributed by atoms with Gasteiger partial charge in [-0.2, -0.15) is 0 Å². The maximum Gasteiger partial charge on any atom is 0.324 e. The molecule has 0 atom stereocenters. The maximum absolute atomic E-state index is 13.3. The van der Waals surface area contributed by atoms with Crippen LogP contribution in [0.15, 0.2) is 0 Å². The Hall–Kier alpha value is -1.06. The zero-order chi connectivity index (χ0) is 20.2. The van der Waals surface area contributed by atoms with Crippen molar-refractivity contribution >= 4 is 11.9 Å². The summed E-state index contributed by atoms with van der Waals surface area (Å²) in [5.41, 5.74) is -1.47. The van der Waals surface area contributed by atoms with Gasteiger partial charge in [-0.05, 0) is 35.5 Å². The first-order chi connectivity index (χ1) is 11.8. The van der Waals surface area contributed by atoms with E-state index >= 15 is 0 Å². The van der Waals surface area contributed by atoms with E-state index in [0.717, 1.165) is 25.7 Å². The molecule has 152 valence electrons. The van der Waals surface area contributed by atoms with Gasteiger partial charge in [0, 0.05) is 0 Å². The van der Waals surface area contributed by atoms with Gasteiger partial charge in [-0.1, -0.05) is 74.7 Å². The lowest BCUT2D eigenvalue weighted by Crippen LogP contribution is -2.53. The molecule has 0 bridgehead atoms. The SMILES string of the molecule is CC(C)C(C(=O)OCC(C)(C)C)(C(=O)OCC(C)(C)C)C1CCCCC1. The van der Waals surface area contributed by atoms with Gasteiger partial charge in [-0.15, -0.1) is 0 Å². The number of carbonyl (C=O) groups is 2.